The normalized spacial score (nSPS) is 11.3. The predicted molar refractivity (Wildman–Crippen MR) is 69.3 cm³/mol. The summed E-state index contributed by atoms with van der Waals surface area (Å²) in [7, 11) is 1.78. The van der Waals surface area contributed by atoms with E-state index in [0.717, 1.165) is 12.1 Å². The number of nitrogens with zero attached hydrogens (tertiary/aromatic N) is 1. The van der Waals surface area contributed by atoms with Crippen LogP contribution in [0.4, 0.5) is 8.78 Å². The summed E-state index contributed by atoms with van der Waals surface area (Å²) in [5.41, 5.74) is 0.176. The summed E-state index contributed by atoms with van der Waals surface area (Å²) in [5.74, 6) is -2.20. The molecule has 0 aliphatic carbocycles. The number of rotatable bonds is 7. The largest absolute Gasteiger partial charge is 0.377 e. The number of hydrogen-bond acceptors (Lipinski definition) is 3. The molecule has 0 atom stereocenters. The average Bonchev–Trinajstić information content (AvgIpc) is 2.32. The molecular formula is C14H19F2NO2. The Labute approximate surface area is 112 Å². The Morgan fingerprint density at radius 2 is 2.00 bits per heavy atom. The number of ketones is 1. The van der Waals surface area contributed by atoms with Crippen molar-refractivity contribution in [2.45, 2.75) is 20.0 Å². The molecular weight excluding hydrogens is 252 g/mol. The molecule has 1 aromatic rings. The molecule has 0 saturated carbocycles. The zero-order chi connectivity index (χ0) is 14.4. The Balaban J connectivity index is 2.47. The van der Waals surface area contributed by atoms with Crippen molar-refractivity contribution in [1.82, 2.24) is 4.90 Å². The Morgan fingerprint density at radius 1 is 1.32 bits per heavy atom. The molecule has 0 heterocycles. The van der Waals surface area contributed by atoms with E-state index >= 15 is 0 Å². The maximum atomic E-state index is 13.0. The number of hydrogen-bond donors (Lipinski definition) is 0. The molecule has 0 saturated heterocycles. The van der Waals surface area contributed by atoms with Crippen molar-refractivity contribution in [3.8, 4) is 0 Å². The Hall–Kier alpha value is -1.33. The molecule has 0 aromatic heterocycles. The van der Waals surface area contributed by atoms with E-state index < -0.39 is 11.6 Å². The third-order valence-corrected chi connectivity index (χ3v) is 2.58. The highest BCUT2D eigenvalue weighted by molar-refractivity contribution is 5.97. The molecule has 0 radical (unpaired) electrons. The van der Waals surface area contributed by atoms with E-state index in [4.69, 9.17) is 4.74 Å². The minimum Gasteiger partial charge on any atom is -0.377 e. The average molecular weight is 271 g/mol. The fourth-order valence-corrected chi connectivity index (χ4v) is 1.53. The maximum absolute atomic E-state index is 13.0. The van der Waals surface area contributed by atoms with E-state index in [1.165, 1.54) is 6.07 Å². The molecule has 1 rings (SSSR count). The number of Topliss-reactive ketones (excluding diaryl/α,β-unsaturated/α-hetero) is 1. The van der Waals surface area contributed by atoms with Crippen LogP contribution in [0.5, 0.6) is 0 Å². The number of ether oxygens (including phenoxy) is 1. The summed E-state index contributed by atoms with van der Waals surface area (Å²) in [4.78, 5) is 13.6. The van der Waals surface area contributed by atoms with Crippen LogP contribution < -0.4 is 0 Å². The van der Waals surface area contributed by atoms with Crippen molar-refractivity contribution in [2.75, 3.05) is 26.7 Å². The highest BCUT2D eigenvalue weighted by Crippen LogP contribution is 2.09. The highest BCUT2D eigenvalue weighted by atomic mass is 19.2. The van der Waals surface area contributed by atoms with Crippen LogP contribution in [0.3, 0.4) is 0 Å². The fourth-order valence-electron chi connectivity index (χ4n) is 1.53. The second-order valence-electron chi connectivity index (χ2n) is 4.71. The van der Waals surface area contributed by atoms with Gasteiger partial charge in [-0.3, -0.25) is 9.69 Å². The summed E-state index contributed by atoms with van der Waals surface area (Å²) in [5, 5.41) is 0. The first kappa shape index (κ1) is 15.7. The van der Waals surface area contributed by atoms with Gasteiger partial charge in [0.1, 0.15) is 0 Å². The van der Waals surface area contributed by atoms with Gasteiger partial charge in [0.05, 0.1) is 19.3 Å². The van der Waals surface area contributed by atoms with Crippen molar-refractivity contribution in [2.24, 2.45) is 0 Å². The molecule has 0 spiro atoms. The SMILES string of the molecule is CC(C)OCCN(C)CC(=O)c1ccc(F)c(F)c1. The lowest BCUT2D eigenvalue weighted by Crippen LogP contribution is -2.30. The van der Waals surface area contributed by atoms with Crippen molar-refractivity contribution < 1.29 is 18.3 Å². The zero-order valence-corrected chi connectivity index (χ0v) is 11.5. The summed E-state index contributed by atoms with van der Waals surface area (Å²) < 4.78 is 31.1. The van der Waals surface area contributed by atoms with E-state index in [0.29, 0.717) is 13.2 Å². The topological polar surface area (TPSA) is 29.5 Å². The van der Waals surface area contributed by atoms with Crippen LogP contribution >= 0.6 is 0 Å². The van der Waals surface area contributed by atoms with Crippen LogP contribution in [0.2, 0.25) is 0 Å². The van der Waals surface area contributed by atoms with Gasteiger partial charge in [0, 0.05) is 12.1 Å². The number of likely N-dealkylation sites (N-methyl/N-ethyl adjacent to an activating group) is 1. The van der Waals surface area contributed by atoms with Gasteiger partial charge >= 0.3 is 0 Å². The Bertz CT molecular complexity index is 435. The van der Waals surface area contributed by atoms with Crippen LogP contribution in [0.1, 0.15) is 24.2 Å². The van der Waals surface area contributed by atoms with E-state index in [-0.39, 0.29) is 24.0 Å². The van der Waals surface area contributed by atoms with Gasteiger partial charge in [-0.15, -0.1) is 0 Å². The first-order chi connectivity index (χ1) is 8.90. The molecule has 106 valence electrons. The molecule has 0 aliphatic rings. The van der Waals surface area contributed by atoms with Gasteiger partial charge in [0.2, 0.25) is 0 Å². The first-order valence-electron chi connectivity index (χ1n) is 6.18. The molecule has 0 bridgehead atoms. The number of benzene rings is 1. The molecule has 1 aromatic carbocycles. The van der Waals surface area contributed by atoms with Gasteiger partial charge < -0.3 is 4.74 Å². The van der Waals surface area contributed by atoms with E-state index in [1.54, 1.807) is 11.9 Å². The second kappa shape index (κ2) is 7.31. The molecule has 5 heteroatoms. The second-order valence-corrected chi connectivity index (χ2v) is 4.71. The smallest absolute Gasteiger partial charge is 0.176 e. The summed E-state index contributed by atoms with van der Waals surface area (Å²) in [6.07, 6.45) is 0.148. The molecule has 0 amide bonds. The predicted octanol–water partition coefficient (Wildman–Crippen LogP) is 2.50. The van der Waals surface area contributed by atoms with Gasteiger partial charge in [-0.2, -0.15) is 0 Å². The minimum atomic E-state index is -1.00. The maximum Gasteiger partial charge on any atom is 0.176 e. The van der Waals surface area contributed by atoms with Gasteiger partial charge in [0.15, 0.2) is 17.4 Å². The zero-order valence-electron chi connectivity index (χ0n) is 11.5. The molecule has 3 nitrogen and oxygen atoms in total. The summed E-state index contributed by atoms with van der Waals surface area (Å²) in [6.45, 7) is 5.15. The monoisotopic (exact) mass is 271 g/mol. The standard InChI is InChI=1S/C14H19F2NO2/c1-10(2)19-7-6-17(3)9-14(18)11-4-5-12(15)13(16)8-11/h4-5,8,10H,6-7,9H2,1-3H3. The number of carbonyl (C=O) groups excluding carboxylic acids is 1. The molecule has 0 fully saturated rings. The highest BCUT2D eigenvalue weighted by Gasteiger charge is 2.12. The fraction of sp³-hybridized carbons (Fsp3) is 0.500. The van der Waals surface area contributed by atoms with Crippen LogP contribution in [0.25, 0.3) is 0 Å². The van der Waals surface area contributed by atoms with E-state index in [2.05, 4.69) is 0 Å². The lowest BCUT2D eigenvalue weighted by atomic mass is 10.1. The van der Waals surface area contributed by atoms with Crippen LogP contribution in [-0.4, -0.2) is 43.5 Å². The molecule has 0 N–H and O–H groups in total. The first-order valence-corrected chi connectivity index (χ1v) is 6.18. The molecule has 0 aliphatic heterocycles. The lowest BCUT2D eigenvalue weighted by Gasteiger charge is -2.16. The lowest BCUT2D eigenvalue weighted by molar-refractivity contribution is 0.0619. The third kappa shape index (κ3) is 5.44. The molecule has 0 unspecified atom stereocenters. The van der Waals surface area contributed by atoms with E-state index in [9.17, 15) is 13.6 Å². The molecule has 19 heavy (non-hydrogen) atoms. The van der Waals surface area contributed by atoms with Crippen LogP contribution in [0.15, 0.2) is 18.2 Å². The quantitative estimate of drug-likeness (QED) is 0.714. The van der Waals surface area contributed by atoms with Gasteiger partial charge in [-0.1, -0.05) is 0 Å². The van der Waals surface area contributed by atoms with Crippen LogP contribution in [0, 0.1) is 11.6 Å². The summed E-state index contributed by atoms with van der Waals surface area (Å²) >= 11 is 0. The number of carbonyl (C=O) groups is 1. The third-order valence-electron chi connectivity index (χ3n) is 2.58. The Morgan fingerprint density at radius 3 is 2.58 bits per heavy atom. The van der Waals surface area contributed by atoms with Gasteiger partial charge in [-0.25, -0.2) is 8.78 Å². The summed E-state index contributed by atoms with van der Waals surface area (Å²) in [6, 6.07) is 3.18. The van der Waals surface area contributed by atoms with Crippen molar-refractivity contribution in [3.63, 3.8) is 0 Å². The van der Waals surface area contributed by atoms with Gasteiger partial charge in [-0.05, 0) is 39.1 Å². The Kier molecular flexibility index (Phi) is 6.05. The minimum absolute atomic E-state index is 0.145. The van der Waals surface area contributed by atoms with Crippen molar-refractivity contribution >= 4 is 5.78 Å². The van der Waals surface area contributed by atoms with Crippen LogP contribution in [-0.2, 0) is 4.74 Å². The number of halogens is 2. The van der Waals surface area contributed by atoms with Crippen molar-refractivity contribution in [3.05, 3.63) is 35.4 Å². The van der Waals surface area contributed by atoms with Gasteiger partial charge in [0.25, 0.3) is 0 Å². The van der Waals surface area contributed by atoms with E-state index in [1.807, 2.05) is 13.8 Å². The van der Waals surface area contributed by atoms with Crippen molar-refractivity contribution in [1.29, 1.82) is 0 Å².